The van der Waals surface area contributed by atoms with E-state index >= 15 is 0 Å². The fourth-order valence-corrected chi connectivity index (χ4v) is 1.50. The number of nitro groups is 1. The van der Waals surface area contributed by atoms with Crippen molar-refractivity contribution in [2.24, 2.45) is 0 Å². The maximum absolute atomic E-state index is 10.5. The number of rotatable bonds is 3. The van der Waals surface area contributed by atoms with E-state index in [0.717, 1.165) is 12.8 Å². The Labute approximate surface area is 92.1 Å². The molecule has 0 radical (unpaired) electrons. The van der Waals surface area contributed by atoms with Gasteiger partial charge in [0.1, 0.15) is 23.6 Å². The van der Waals surface area contributed by atoms with Crippen LogP contribution >= 0.6 is 0 Å². The fraction of sp³-hybridized carbons (Fsp3) is 0.400. The van der Waals surface area contributed by atoms with E-state index in [1.54, 1.807) is 0 Å². The molecule has 16 heavy (non-hydrogen) atoms. The number of aromatic nitrogens is 1. The first kappa shape index (κ1) is 10.4. The molecule has 1 fully saturated rings. The molecular formula is C10H10N4O2. The first-order valence-corrected chi connectivity index (χ1v) is 5.02. The van der Waals surface area contributed by atoms with Gasteiger partial charge in [-0.2, -0.15) is 5.26 Å². The third kappa shape index (κ3) is 1.93. The molecular weight excluding hydrogens is 208 g/mol. The SMILES string of the molecule is N#Cc1cc([N+](=O)[O-])cnc1NC1CCC1. The zero-order valence-corrected chi connectivity index (χ0v) is 8.51. The standard InChI is InChI=1S/C10H10N4O2/c11-5-7-4-9(14(15)16)6-12-10(7)13-8-2-1-3-8/h4,6,8H,1-3H2,(H,12,13). The molecule has 0 spiro atoms. The lowest BCUT2D eigenvalue weighted by molar-refractivity contribution is -0.385. The van der Waals surface area contributed by atoms with Crippen LogP contribution in [0.3, 0.4) is 0 Å². The van der Waals surface area contributed by atoms with E-state index in [2.05, 4.69) is 10.3 Å². The van der Waals surface area contributed by atoms with E-state index in [1.165, 1.54) is 18.7 Å². The maximum atomic E-state index is 10.5. The molecule has 2 rings (SSSR count). The summed E-state index contributed by atoms with van der Waals surface area (Å²) >= 11 is 0. The second-order valence-corrected chi connectivity index (χ2v) is 3.73. The predicted molar refractivity (Wildman–Crippen MR) is 56.9 cm³/mol. The van der Waals surface area contributed by atoms with Gasteiger partial charge in [-0.25, -0.2) is 4.98 Å². The summed E-state index contributed by atoms with van der Waals surface area (Å²) in [5, 5.41) is 22.5. The molecule has 1 saturated carbocycles. The average molecular weight is 218 g/mol. The van der Waals surface area contributed by atoms with Crippen molar-refractivity contribution in [3.8, 4) is 6.07 Å². The normalized spacial score (nSPS) is 14.9. The van der Waals surface area contributed by atoms with Crippen LogP contribution in [0, 0.1) is 21.4 Å². The number of hydrogen-bond acceptors (Lipinski definition) is 5. The Morgan fingerprint density at radius 3 is 2.88 bits per heavy atom. The van der Waals surface area contributed by atoms with Crippen LogP contribution < -0.4 is 5.32 Å². The van der Waals surface area contributed by atoms with Gasteiger partial charge in [0, 0.05) is 12.1 Å². The molecule has 1 aromatic rings. The van der Waals surface area contributed by atoms with Gasteiger partial charge in [-0.3, -0.25) is 10.1 Å². The van der Waals surface area contributed by atoms with Crippen LogP contribution in [0.2, 0.25) is 0 Å². The van der Waals surface area contributed by atoms with Crippen LogP contribution in [0.1, 0.15) is 24.8 Å². The maximum Gasteiger partial charge on any atom is 0.289 e. The van der Waals surface area contributed by atoms with Crippen molar-refractivity contribution in [1.82, 2.24) is 4.98 Å². The van der Waals surface area contributed by atoms with Crippen LogP contribution in [0.25, 0.3) is 0 Å². The van der Waals surface area contributed by atoms with Crippen molar-refractivity contribution >= 4 is 11.5 Å². The molecule has 1 aliphatic carbocycles. The highest BCUT2D eigenvalue weighted by atomic mass is 16.6. The van der Waals surface area contributed by atoms with Crippen molar-refractivity contribution in [1.29, 1.82) is 5.26 Å². The van der Waals surface area contributed by atoms with Gasteiger partial charge in [0.05, 0.1) is 4.92 Å². The predicted octanol–water partition coefficient (Wildman–Crippen LogP) is 1.83. The number of hydrogen-bond donors (Lipinski definition) is 1. The van der Waals surface area contributed by atoms with E-state index in [1.807, 2.05) is 6.07 Å². The molecule has 1 aromatic heterocycles. The van der Waals surface area contributed by atoms with Crippen LogP contribution in [0.15, 0.2) is 12.3 Å². The molecule has 1 N–H and O–H groups in total. The second-order valence-electron chi connectivity index (χ2n) is 3.73. The first-order chi connectivity index (χ1) is 7.70. The summed E-state index contributed by atoms with van der Waals surface area (Å²) in [5.41, 5.74) is 0.0665. The Morgan fingerprint density at radius 1 is 1.62 bits per heavy atom. The van der Waals surface area contributed by atoms with Crippen molar-refractivity contribution in [2.75, 3.05) is 5.32 Å². The quantitative estimate of drug-likeness (QED) is 0.617. The molecule has 0 atom stereocenters. The lowest BCUT2D eigenvalue weighted by atomic mass is 9.93. The number of nitrogens with zero attached hydrogens (tertiary/aromatic N) is 3. The summed E-state index contributed by atoms with van der Waals surface area (Å²) in [6.07, 6.45) is 4.46. The van der Waals surface area contributed by atoms with E-state index in [9.17, 15) is 10.1 Å². The zero-order chi connectivity index (χ0) is 11.5. The van der Waals surface area contributed by atoms with Crippen molar-refractivity contribution in [3.05, 3.63) is 27.9 Å². The van der Waals surface area contributed by atoms with Crippen LogP contribution in [0.4, 0.5) is 11.5 Å². The fourth-order valence-electron chi connectivity index (χ4n) is 1.50. The van der Waals surface area contributed by atoms with Crippen molar-refractivity contribution in [3.63, 3.8) is 0 Å². The summed E-state index contributed by atoms with van der Waals surface area (Å²) in [4.78, 5) is 13.9. The molecule has 6 nitrogen and oxygen atoms in total. The van der Waals surface area contributed by atoms with Gasteiger partial charge in [-0.15, -0.1) is 0 Å². The van der Waals surface area contributed by atoms with Gasteiger partial charge in [-0.1, -0.05) is 0 Å². The lowest BCUT2D eigenvalue weighted by Crippen LogP contribution is -2.27. The first-order valence-electron chi connectivity index (χ1n) is 5.02. The van der Waals surface area contributed by atoms with Crippen molar-refractivity contribution in [2.45, 2.75) is 25.3 Å². The Hall–Kier alpha value is -2.16. The molecule has 82 valence electrons. The third-order valence-electron chi connectivity index (χ3n) is 2.65. The Balaban J connectivity index is 2.24. The average Bonchev–Trinajstić information content (AvgIpc) is 2.23. The highest BCUT2D eigenvalue weighted by Gasteiger charge is 2.20. The molecule has 0 aliphatic heterocycles. The van der Waals surface area contributed by atoms with Crippen LogP contribution in [-0.4, -0.2) is 15.9 Å². The molecule has 0 aromatic carbocycles. The Kier molecular flexibility index (Phi) is 2.68. The smallest absolute Gasteiger partial charge is 0.289 e. The number of anilines is 1. The van der Waals surface area contributed by atoms with Crippen LogP contribution in [-0.2, 0) is 0 Å². The summed E-state index contributed by atoms with van der Waals surface area (Å²) in [7, 11) is 0. The number of nitrogens with one attached hydrogen (secondary N) is 1. The molecule has 1 aliphatic rings. The van der Waals surface area contributed by atoms with Crippen molar-refractivity contribution < 1.29 is 4.92 Å². The lowest BCUT2D eigenvalue weighted by Gasteiger charge is -2.27. The molecule has 0 saturated heterocycles. The molecule has 0 amide bonds. The summed E-state index contributed by atoms with van der Waals surface area (Å²) in [5.74, 6) is 0.442. The van der Waals surface area contributed by atoms with Gasteiger partial charge in [0.15, 0.2) is 0 Å². The molecule has 0 unspecified atom stereocenters. The summed E-state index contributed by atoms with van der Waals surface area (Å²) in [6, 6.07) is 3.51. The van der Waals surface area contributed by atoms with Gasteiger partial charge in [0.2, 0.25) is 0 Å². The molecule has 0 bridgehead atoms. The third-order valence-corrected chi connectivity index (χ3v) is 2.65. The molecule has 6 heteroatoms. The summed E-state index contributed by atoms with van der Waals surface area (Å²) in [6.45, 7) is 0. The van der Waals surface area contributed by atoms with Gasteiger partial charge in [0.25, 0.3) is 5.69 Å². The number of nitriles is 1. The zero-order valence-electron chi connectivity index (χ0n) is 8.51. The Bertz CT molecular complexity index is 462. The minimum absolute atomic E-state index is 0.157. The minimum Gasteiger partial charge on any atom is -0.366 e. The highest BCUT2D eigenvalue weighted by molar-refractivity contribution is 5.56. The minimum atomic E-state index is -0.555. The van der Waals surface area contributed by atoms with E-state index in [0.29, 0.717) is 11.9 Å². The van der Waals surface area contributed by atoms with Gasteiger partial charge < -0.3 is 5.32 Å². The monoisotopic (exact) mass is 218 g/mol. The van der Waals surface area contributed by atoms with E-state index in [-0.39, 0.29) is 11.3 Å². The second kappa shape index (κ2) is 4.14. The topological polar surface area (TPSA) is 91.8 Å². The van der Waals surface area contributed by atoms with Crippen LogP contribution in [0.5, 0.6) is 0 Å². The highest BCUT2D eigenvalue weighted by Crippen LogP contribution is 2.25. The largest absolute Gasteiger partial charge is 0.366 e. The molecule has 1 heterocycles. The van der Waals surface area contributed by atoms with Gasteiger partial charge >= 0.3 is 0 Å². The van der Waals surface area contributed by atoms with E-state index < -0.39 is 4.92 Å². The Morgan fingerprint density at radius 2 is 2.38 bits per heavy atom. The van der Waals surface area contributed by atoms with E-state index in [4.69, 9.17) is 5.26 Å². The summed E-state index contributed by atoms with van der Waals surface area (Å²) < 4.78 is 0. The van der Waals surface area contributed by atoms with Gasteiger partial charge in [-0.05, 0) is 19.3 Å². The number of pyridine rings is 1.